The smallest absolute Gasteiger partial charge is 0.236 e. The Balaban J connectivity index is 3.21. The molecule has 6 N–H and O–H groups in total. The van der Waals surface area contributed by atoms with Crippen LogP contribution in [-0.2, 0) is 0 Å². The van der Waals surface area contributed by atoms with E-state index >= 15 is 0 Å². The van der Waals surface area contributed by atoms with Crippen LogP contribution in [-0.4, -0.2) is 49.0 Å². The quantitative estimate of drug-likeness (QED) is 0.307. The number of nitrogens with zero attached hydrogens (tertiary/aromatic N) is 4. The molecule has 1 heterocycles. The number of nitrogens with one attached hydrogen (secondary N) is 1. The second kappa shape index (κ2) is 7.33. The summed E-state index contributed by atoms with van der Waals surface area (Å²) in [5.74, 6) is -0.347. The third kappa shape index (κ3) is 4.24. The summed E-state index contributed by atoms with van der Waals surface area (Å²) in [5, 5.41) is 31.6. The predicted molar refractivity (Wildman–Crippen MR) is 79.0 cm³/mol. The van der Waals surface area contributed by atoms with Gasteiger partial charge in [-0.3, -0.25) is 4.90 Å². The van der Waals surface area contributed by atoms with Gasteiger partial charge in [0.15, 0.2) is 12.5 Å². The minimum atomic E-state index is -1.28. The molecule has 9 heteroatoms. The number of rotatable bonds is 8. The molecule has 0 radical (unpaired) electrons. The van der Waals surface area contributed by atoms with Crippen LogP contribution < -0.4 is 16.0 Å². The van der Waals surface area contributed by atoms with E-state index in [1.165, 1.54) is 18.2 Å². The van der Waals surface area contributed by atoms with Crippen LogP contribution in [0.1, 0.15) is 0 Å². The first-order valence-corrected chi connectivity index (χ1v) is 5.91. The maximum absolute atomic E-state index is 9.86. The average molecular weight is 294 g/mol. The van der Waals surface area contributed by atoms with Crippen LogP contribution in [0.15, 0.2) is 38.0 Å². The van der Waals surface area contributed by atoms with Crippen molar-refractivity contribution in [1.82, 2.24) is 15.0 Å². The SMILES string of the molecule is C=CC(O)Nc1nc(N)nc(N(C(O)C=C)C(O)C=C)n1. The van der Waals surface area contributed by atoms with E-state index in [1.54, 1.807) is 0 Å². The van der Waals surface area contributed by atoms with Crippen molar-refractivity contribution < 1.29 is 15.3 Å². The Kier molecular flexibility index (Phi) is 5.79. The van der Waals surface area contributed by atoms with E-state index in [1.807, 2.05) is 0 Å². The maximum Gasteiger partial charge on any atom is 0.236 e. The largest absolute Gasteiger partial charge is 0.370 e. The highest BCUT2D eigenvalue weighted by Gasteiger charge is 2.23. The van der Waals surface area contributed by atoms with Gasteiger partial charge in [0.2, 0.25) is 17.8 Å². The second-order valence-electron chi connectivity index (χ2n) is 3.85. The number of aliphatic hydroxyl groups excluding tert-OH is 3. The fraction of sp³-hybridized carbons (Fsp3) is 0.250. The summed E-state index contributed by atoms with van der Waals surface area (Å²) in [6.07, 6.45) is -0.110. The molecule has 9 nitrogen and oxygen atoms in total. The third-order valence-electron chi connectivity index (χ3n) is 2.36. The molecule has 0 aliphatic carbocycles. The zero-order valence-corrected chi connectivity index (χ0v) is 11.3. The van der Waals surface area contributed by atoms with Crippen molar-refractivity contribution in [2.75, 3.05) is 16.0 Å². The van der Waals surface area contributed by atoms with Gasteiger partial charge < -0.3 is 26.4 Å². The van der Waals surface area contributed by atoms with Gasteiger partial charge in [0.1, 0.15) is 6.23 Å². The van der Waals surface area contributed by atoms with Gasteiger partial charge in [-0.2, -0.15) is 15.0 Å². The molecule has 114 valence electrons. The van der Waals surface area contributed by atoms with Crippen LogP contribution >= 0.6 is 0 Å². The van der Waals surface area contributed by atoms with Gasteiger partial charge in [-0.25, -0.2) is 0 Å². The fourth-order valence-corrected chi connectivity index (χ4v) is 1.37. The van der Waals surface area contributed by atoms with Gasteiger partial charge in [0, 0.05) is 0 Å². The highest BCUT2D eigenvalue weighted by Crippen LogP contribution is 2.17. The van der Waals surface area contributed by atoms with E-state index in [0.717, 1.165) is 4.90 Å². The summed E-state index contributed by atoms with van der Waals surface area (Å²) in [4.78, 5) is 12.5. The normalized spacial score (nSPS) is 14.6. The summed E-state index contributed by atoms with van der Waals surface area (Å²) in [6, 6.07) is 0. The van der Waals surface area contributed by atoms with E-state index in [2.05, 4.69) is 40.0 Å². The Labute approximate surface area is 121 Å². The van der Waals surface area contributed by atoms with Gasteiger partial charge in [0.05, 0.1) is 0 Å². The first-order chi connectivity index (χ1) is 9.92. The molecule has 1 aromatic heterocycles. The van der Waals surface area contributed by atoms with Crippen molar-refractivity contribution in [3.8, 4) is 0 Å². The minimum absolute atomic E-state index is 0.0533. The minimum Gasteiger partial charge on any atom is -0.370 e. The highest BCUT2D eigenvalue weighted by atomic mass is 16.3. The van der Waals surface area contributed by atoms with Crippen LogP contribution in [0.2, 0.25) is 0 Å². The molecular weight excluding hydrogens is 276 g/mol. The molecule has 3 atom stereocenters. The van der Waals surface area contributed by atoms with Crippen molar-refractivity contribution in [3.05, 3.63) is 38.0 Å². The van der Waals surface area contributed by atoms with E-state index in [4.69, 9.17) is 5.73 Å². The fourth-order valence-electron chi connectivity index (χ4n) is 1.37. The van der Waals surface area contributed by atoms with Crippen LogP contribution in [0.3, 0.4) is 0 Å². The Hall–Kier alpha value is -2.49. The summed E-state index contributed by atoms with van der Waals surface area (Å²) >= 11 is 0. The van der Waals surface area contributed by atoms with E-state index in [-0.39, 0.29) is 17.8 Å². The molecule has 1 rings (SSSR count). The molecule has 1 aromatic rings. The van der Waals surface area contributed by atoms with Crippen molar-refractivity contribution in [1.29, 1.82) is 0 Å². The Morgan fingerprint density at radius 1 is 1.00 bits per heavy atom. The van der Waals surface area contributed by atoms with Gasteiger partial charge in [-0.05, 0) is 18.2 Å². The highest BCUT2D eigenvalue weighted by molar-refractivity contribution is 5.44. The molecular formula is C12H18N6O3. The lowest BCUT2D eigenvalue weighted by Crippen LogP contribution is -2.42. The van der Waals surface area contributed by atoms with E-state index in [0.29, 0.717) is 0 Å². The van der Waals surface area contributed by atoms with Crippen molar-refractivity contribution in [2.45, 2.75) is 18.7 Å². The average Bonchev–Trinajstić information content (AvgIpc) is 2.46. The summed E-state index contributed by atoms with van der Waals surface area (Å²) < 4.78 is 0. The van der Waals surface area contributed by atoms with Gasteiger partial charge in [-0.15, -0.1) is 0 Å². The summed E-state index contributed by atoms with van der Waals surface area (Å²) in [6.45, 7) is 10.2. The van der Waals surface area contributed by atoms with Gasteiger partial charge >= 0.3 is 0 Å². The number of nitrogen functional groups attached to an aromatic ring is 1. The maximum atomic E-state index is 9.86. The van der Waals surface area contributed by atoms with Crippen LogP contribution in [0, 0.1) is 0 Å². The van der Waals surface area contributed by atoms with Crippen molar-refractivity contribution in [2.24, 2.45) is 0 Å². The number of aromatic nitrogens is 3. The number of anilines is 3. The lowest BCUT2D eigenvalue weighted by molar-refractivity contribution is 0.134. The first-order valence-electron chi connectivity index (χ1n) is 5.91. The van der Waals surface area contributed by atoms with E-state index in [9.17, 15) is 15.3 Å². The third-order valence-corrected chi connectivity index (χ3v) is 2.36. The number of aliphatic hydroxyl groups is 3. The lowest BCUT2D eigenvalue weighted by atomic mass is 10.4. The standard InChI is InChI=1S/C12H18N6O3/c1-4-7(19)14-11-15-10(13)16-12(17-11)18(8(20)5-2)9(21)6-3/h4-9,19-21H,1-3H2,(H3,13,14,15,16,17). The Morgan fingerprint density at radius 3 is 2.05 bits per heavy atom. The molecule has 0 aliphatic rings. The molecule has 0 fully saturated rings. The van der Waals surface area contributed by atoms with Crippen LogP contribution in [0.25, 0.3) is 0 Å². The zero-order chi connectivity index (χ0) is 16.0. The Bertz CT molecular complexity index is 510. The van der Waals surface area contributed by atoms with E-state index < -0.39 is 18.7 Å². The summed E-state index contributed by atoms with van der Waals surface area (Å²) in [7, 11) is 0. The molecule has 0 aliphatic heterocycles. The number of hydrogen-bond acceptors (Lipinski definition) is 9. The number of nitrogens with two attached hydrogens (primary N) is 1. The molecule has 0 saturated carbocycles. The first kappa shape index (κ1) is 16.6. The number of hydrogen-bond donors (Lipinski definition) is 5. The molecule has 3 unspecified atom stereocenters. The summed E-state index contributed by atoms with van der Waals surface area (Å²) in [5.41, 5.74) is 5.55. The molecule has 0 aromatic carbocycles. The van der Waals surface area contributed by atoms with Crippen molar-refractivity contribution in [3.63, 3.8) is 0 Å². The second-order valence-corrected chi connectivity index (χ2v) is 3.85. The molecule has 0 amide bonds. The topological polar surface area (TPSA) is 141 Å². The zero-order valence-electron chi connectivity index (χ0n) is 11.3. The lowest BCUT2D eigenvalue weighted by Gasteiger charge is -2.29. The molecule has 21 heavy (non-hydrogen) atoms. The van der Waals surface area contributed by atoms with Crippen LogP contribution in [0.4, 0.5) is 17.8 Å². The van der Waals surface area contributed by atoms with Crippen LogP contribution in [0.5, 0.6) is 0 Å². The predicted octanol–water partition coefficient (Wildman–Crippen LogP) is -0.815. The monoisotopic (exact) mass is 294 g/mol. The molecule has 0 bridgehead atoms. The van der Waals surface area contributed by atoms with Gasteiger partial charge in [0.25, 0.3) is 0 Å². The molecule has 0 spiro atoms. The molecule has 0 saturated heterocycles. The Morgan fingerprint density at radius 2 is 1.57 bits per heavy atom. The van der Waals surface area contributed by atoms with Gasteiger partial charge in [-0.1, -0.05) is 19.7 Å². The van der Waals surface area contributed by atoms with Crippen molar-refractivity contribution >= 4 is 17.8 Å².